The van der Waals surface area contributed by atoms with Gasteiger partial charge in [-0.3, -0.25) is 14.6 Å². The molecule has 0 aromatic carbocycles. The minimum absolute atomic E-state index is 0.0574. The molecule has 2 amide bonds. The Morgan fingerprint density at radius 1 is 1.43 bits per heavy atom. The fourth-order valence-corrected chi connectivity index (χ4v) is 3.49. The SMILES string of the molecule is COCCN1C(=O)CC2C1CCN2C(=O)Cc1ccc(F)cn1. The van der Waals surface area contributed by atoms with Crippen LogP contribution in [0.25, 0.3) is 0 Å². The number of carbonyl (C=O) groups is 2. The van der Waals surface area contributed by atoms with Crippen LogP contribution in [0.2, 0.25) is 0 Å². The third-order valence-electron chi connectivity index (χ3n) is 4.59. The monoisotopic (exact) mass is 321 g/mol. The van der Waals surface area contributed by atoms with Gasteiger partial charge in [0.25, 0.3) is 0 Å². The van der Waals surface area contributed by atoms with E-state index in [9.17, 15) is 14.0 Å². The first-order chi connectivity index (χ1) is 11.1. The molecule has 124 valence electrons. The molecule has 0 saturated carbocycles. The van der Waals surface area contributed by atoms with Crippen molar-refractivity contribution in [1.29, 1.82) is 0 Å². The molecule has 0 bridgehead atoms. The smallest absolute Gasteiger partial charge is 0.228 e. The molecule has 3 rings (SSSR count). The maximum atomic E-state index is 12.9. The average Bonchev–Trinajstić information content (AvgIpc) is 3.06. The van der Waals surface area contributed by atoms with Gasteiger partial charge in [0.1, 0.15) is 5.82 Å². The van der Waals surface area contributed by atoms with Crippen LogP contribution in [0.5, 0.6) is 0 Å². The van der Waals surface area contributed by atoms with Crippen LogP contribution in [-0.4, -0.2) is 65.5 Å². The van der Waals surface area contributed by atoms with E-state index in [0.717, 1.165) is 12.6 Å². The summed E-state index contributed by atoms with van der Waals surface area (Å²) in [5.74, 6) is -0.398. The van der Waals surface area contributed by atoms with Crippen LogP contribution in [0.4, 0.5) is 4.39 Å². The second-order valence-corrected chi connectivity index (χ2v) is 5.94. The van der Waals surface area contributed by atoms with Gasteiger partial charge in [0.15, 0.2) is 0 Å². The van der Waals surface area contributed by atoms with E-state index in [1.54, 1.807) is 12.0 Å². The highest BCUT2D eigenvalue weighted by molar-refractivity contribution is 5.84. The van der Waals surface area contributed by atoms with Crippen LogP contribution in [0, 0.1) is 5.82 Å². The first-order valence-corrected chi connectivity index (χ1v) is 7.78. The summed E-state index contributed by atoms with van der Waals surface area (Å²) in [6.07, 6.45) is 2.41. The highest BCUT2D eigenvalue weighted by Crippen LogP contribution is 2.32. The van der Waals surface area contributed by atoms with Crippen molar-refractivity contribution in [2.75, 3.05) is 26.8 Å². The number of aromatic nitrogens is 1. The summed E-state index contributed by atoms with van der Waals surface area (Å²) < 4.78 is 17.9. The maximum Gasteiger partial charge on any atom is 0.228 e. The van der Waals surface area contributed by atoms with Crippen LogP contribution in [0.1, 0.15) is 18.5 Å². The Hall–Kier alpha value is -2.02. The van der Waals surface area contributed by atoms with Crippen LogP contribution >= 0.6 is 0 Å². The van der Waals surface area contributed by atoms with Crippen molar-refractivity contribution in [3.63, 3.8) is 0 Å². The summed E-state index contributed by atoms with van der Waals surface area (Å²) in [6.45, 7) is 1.71. The molecule has 23 heavy (non-hydrogen) atoms. The average molecular weight is 321 g/mol. The number of rotatable bonds is 5. The number of hydrogen-bond donors (Lipinski definition) is 0. The van der Waals surface area contributed by atoms with Crippen LogP contribution in [-0.2, 0) is 20.7 Å². The Labute approximate surface area is 134 Å². The second kappa shape index (κ2) is 6.62. The van der Waals surface area contributed by atoms with Crippen molar-refractivity contribution >= 4 is 11.8 Å². The number of amides is 2. The van der Waals surface area contributed by atoms with Gasteiger partial charge >= 0.3 is 0 Å². The number of hydrogen-bond acceptors (Lipinski definition) is 4. The van der Waals surface area contributed by atoms with Gasteiger partial charge in [-0.05, 0) is 18.6 Å². The van der Waals surface area contributed by atoms with E-state index in [0.29, 0.717) is 31.8 Å². The molecule has 2 aliphatic heterocycles. The van der Waals surface area contributed by atoms with Gasteiger partial charge in [-0.2, -0.15) is 0 Å². The molecule has 3 heterocycles. The Balaban J connectivity index is 1.64. The molecule has 2 aliphatic rings. The largest absolute Gasteiger partial charge is 0.383 e. The molecule has 2 fully saturated rings. The van der Waals surface area contributed by atoms with E-state index < -0.39 is 5.82 Å². The standard InChI is InChI=1S/C16H20FN3O3/c1-23-7-6-20-13-4-5-19(14(13)9-16(20)22)15(21)8-12-3-2-11(17)10-18-12/h2-3,10,13-14H,4-9H2,1H3. The summed E-state index contributed by atoms with van der Waals surface area (Å²) in [6, 6.07) is 2.84. The molecule has 7 heteroatoms. The lowest BCUT2D eigenvalue weighted by Crippen LogP contribution is -2.41. The molecule has 0 aliphatic carbocycles. The Bertz CT molecular complexity index is 593. The lowest BCUT2D eigenvalue weighted by Gasteiger charge is -2.25. The lowest BCUT2D eigenvalue weighted by molar-refractivity contribution is -0.131. The minimum atomic E-state index is -0.419. The molecule has 6 nitrogen and oxygen atoms in total. The number of carbonyl (C=O) groups excluding carboxylic acids is 2. The first kappa shape index (κ1) is 15.9. The van der Waals surface area contributed by atoms with E-state index in [-0.39, 0.29) is 30.3 Å². The number of methoxy groups -OCH3 is 1. The third-order valence-corrected chi connectivity index (χ3v) is 4.59. The molecule has 2 atom stereocenters. The van der Waals surface area contributed by atoms with Gasteiger partial charge in [-0.15, -0.1) is 0 Å². The van der Waals surface area contributed by atoms with E-state index in [1.165, 1.54) is 12.1 Å². The van der Waals surface area contributed by atoms with Gasteiger partial charge < -0.3 is 14.5 Å². The molecule has 2 saturated heterocycles. The highest BCUT2D eigenvalue weighted by Gasteiger charge is 2.47. The molecular formula is C16H20FN3O3. The molecule has 0 radical (unpaired) electrons. The maximum absolute atomic E-state index is 12.9. The van der Waals surface area contributed by atoms with Gasteiger partial charge in [0.05, 0.1) is 31.3 Å². The first-order valence-electron chi connectivity index (χ1n) is 7.78. The molecule has 2 unspecified atom stereocenters. The van der Waals surface area contributed by atoms with Gasteiger partial charge in [0.2, 0.25) is 11.8 Å². The number of fused-ring (bicyclic) bond motifs is 1. The molecule has 0 N–H and O–H groups in total. The predicted molar refractivity (Wildman–Crippen MR) is 80.0 cm³/mol. The van der Waals surface area contributed by atoms with Crippen LogP contribution < -0.4 is 0 Å². The Morgan fingerprint density at radius 3 is 2.96 bits per heavy atom. The van der Waals surface area contributed by atoms with Gasteiger partial charge in [0, 0.05) is 32.3 Å². The van der Waals surface area contributed by atoms with Crippen molar-refractivity contribution in [2.24, 2.45) is 0 Å². The Kier molecular flexibility index (Phi) is 4.56. The summed E-state index contributed by atoms with van der Waals surface area (Å²) >= 11 is 0. The van der Waals surface area contributed by atoms with Crippen molar-refractivity contribution in [3.05, 3.63) is 29.8 Å². The van der Waals surface area contributed by atoms with Crippen LogP contribution in [0.15, 0.2) is 18.3 Å². The van der Waals surface area contributed by atoms with E-state index in [4.69, 9.17) is 4.74 Å². The molecule has 1 aromatic rings. The van der Waals surface area contributed by atoms with E-state index in [1.807, 2.05) is 4.90 Å². The zero-order chi connectivity index (χ0) is 16.4. The number of pyridine rings is 1. The summed E-state index contributed by atoms with van der Waals surface area (Å²) in [4.78, 5) is 32.2. The van der Waals surface area contributed by atoms with Crippen molar-refractivity contribution in [1.82, 2.24) is 14.8 Å². The number of nitrogens with zero attached hydrogens (tertiary/aromatic N) is 3. The van der Waals surface area contributed by atoms with Crippen LogP contribution in [0.3, 0.4) is 0 Å². The third kappa shape index (κ3) is 3.19. The second-order valence-electron chi connectivity index (χ2n) is 5.94. The summed E-state index contributed by atoms with van der Waals surface area (Å²) in [5, 5.41) is 0. The summed E-state index contributed by atoms with van der Waals surface area (Å²) in [5.41, 5.74) is 0.542. The predicted octanol–water partition coefficient (Wildman–Crippen LogP) is 0.611. The lowest BCUT2D eigenvalue weighted by atomic mass is 10.1. The van der Waals surface area contributed by atoms with Crippen molar-refractivity contribution in [2.45, 2.75) is 31.3 Å². The van der Waals surface area contributed by atoms with Gasteiger partial charge in [-0.1, -0.05) is 0 Å². The van der Waals surface area contributed by atoms with Crippen molar-refractivity contribution < 1.29 is 18.7 Å². The molecule has 0 spiro atoms. The quantitative estimate of drug-likeness (QED) is 0.797. The molecular weight excluding hydrogens is 301 g/mol. The molecule has 1 aromatic heterocycles. The summed E-state index contributed by atoms with van der Waals surface area (Å²) in [7, 11) is 1.61. The zero-order valence-corrected chi connectivity index (χ0v) is 13.1. The fraction of sp³-hybridized carbons (Fsp3) is 0.562. The van der Waals surface area contributed by atoms with Gasteiger partial charge in [-0.25, -0.2) is 4.39 Å². The highest BCUT2D eigenvalue weighted by atomic mass is 19.1. The Morgan fingerprint density at radius 2 is 2.26 bits per heavy atom. The number of likely N-dealkylation sites (tertiary alicyclic amines) is 2. The normalized spacial score (nSPS) is 23.5. The number of halogens is 1. The van der Waals surface area contributed by atoms with E-state index in [2.05, 4.69) is 4.98 Å². The fourth-order valence-electron chi connectivity index (χ4n) is 3.49. The van der Waals surface area contributed by atoms with E-state index >= 15 is 0 Å². The zero-order valence-electron chi connectivity index (χ0n) is 13.1. The number of ether oxygens (including phenoxy) is 1. The minimum Gasteiger partial charge on any atom is -0.383 e. The topological polar surface area (TPSA) is 62.7 Å². The van der Waals surface area contributed by atoms with Crippen molar-refractivity contribution in [3.8, 4) is 0 Å².